The van der Waals surface area contributed by atoms with Crippen LogP contribution in [-0.2, 0) is 6.42 Å². The monoisotopic (exact) mass is 486 g/mol. The van der Waals surface area contributed by atoms with Crippen molar-refractivity contribution in [1.29, 1.82) is 0 Å². The number of halogens is 2. The number of hydrogen-bond donors (Lipinski definition) is 1. The van der Waals surface area contributed by atoms with Crippen molar-refractivity contribution in [3.8, 4) is 5.75 Å². The average Bonchev–Trinajstić information content (AvgIpc) is 2.84. The minimum absolute atomic E-state index is 0.193. The summed E-state index contributed by atoms with van der Waals surface area (Å²) in [5, 5.41) is 11.2. The molecular formula is C27H32F2N2O2S. The molecule has 1 N–H and O–H groups in total. The molecule has 0 amide bonds. The lowest BCUT2D eigenvalue weighted by atomic mass is 9.82. The first-order chi connectivity index (χ1) is 16.6. The van der Waals surface area contributed by atoms with Crippen molar-refractivity contribution in [2.75, 3.05) is 39.1 Å². The Bertz CT molecular complexity index is 1080. The first-order valence-electron chi connectivity index (χ1n) is 11.9. The van der Waals surface area contributed by atoms with Gasteiger partial charge in [0.25, 0.3) is 0 Å². The number of benzene rings is 2. The fourth-order valence-electron chi connectivity index (χ4n) is 4.93. The molecule has 4 nitrogen and oxygen atoms in total. The number of methoxy groups -OCH3 is 1. The van der Waals surface area contributed by atoms with E-state index in [2.05, 4.69) is 22.0 Å². The number of aromatic nitrogens is 1. The van der Waals surface area contributed by atoms with E-state index < -0.39 is 11.6 Å². The van der Waals surface area contributed by atoms with E-state index in [-0.39, 0.29) is 12.5 Å². The summed E-state index contributed by atoms with van der Waals surface area (Å²) in [5.74, 6) is 1.30. The standard InChI is InChI=1S/C27H32F2N2O2S/c1-33-24-5-6-27-26(16-24)20(7-9-30-27)4-2-3-19-8-10-31(17-21(19)18-32)11-12-34-25-14-22(28)13-23(29)15-25/h5-7,9,13-16,19,21,32H,2-4,8,10-12,17-18H2,1H3/t19-,21-/m1/s1. The number of aliphatic hydroxyl groups excluding tert-OH is 1. The van der Waals surface area contributed by atoms with Crippen molar-refractivity contribution in [2.45, 2.75) is 30.6 Å². The predicted molar refractivity (Wildman–Crippen MR) is 133 cm³/mol. The fraction of sp³-hybridized carbons (Fsp3) is 0.444. The summed E-state index contributed by atoms with van der Waals surface area (Å²) in [7, 11) is 1.68. The molecule has 0 bridgehead atoms. The third-order valence-corrected chi connectivity index (χ3v) is 7.74. The van der Waals surface area contributed by atoms with Crippen LogP contribution in [0.4, 0.5) is 8.78 Å². The maximum atomic E-state index is 13.4. The summed E-state index contributed by atoms with van der Waals surface area (Å²) in [6.07, 6.45) is 6.07. The number of ether oxygens (including phenoxy) is 1. The molecular weight excluding hydrogens is 454 g/mol. The van der Waals surface area contributed by atoms with E-state index >= 15 is 0 Å². The maximum absolute atomic E-state index is 13.4. The van der Waals surface area contributed by atoms with Crippen LogP contribution in [0, 0.1) is 23.5 Å². The highest BCUT2D eigenvalue weighted by molar-refractivity contribution is 7.99. The second kappa shape index (κ2) is 12.0. The van der Waals surface area contributed by atoms with Gasteiger partial charge in [0.2, 0.25) is 0 Å². The Kier molecular flexibility index (Phi) is 8.75. The van der Waals surface area contributed by atoms with Gasteiger partial charge in [-0.2, -0.15) is 0 Å². The summed E-state index contributed by atoms with van der Waals surface area (Å²) in [4.78, 5) is 7.45. The third kappa shape index (κ3) is 6.46. The van der Waals surface area contributed by atoms with Crippen LogP contribution in [-0.4, -0.2) is 54.1 Å². The lowest BCUT2D eigenvalue weighted by Crippen LogP contribution is -2.42. The van der Waals surface area contributed by atoms with E-state index in [4.69, 9.17) is 4.74 Å². The summed E-state index contributed by atoms with van der Waals surface area (Å²) < 4.78 is 32.1. The van der Waals surface area contributed by atoms with Crippen molar-refractivity contribution >= 4 is 22.7 Å². The molecule has 4 rings (SSSR count). The molecule has 1 aliphatic rings. The van der Waals surface area contributed by atoms with E-state index in [0.717, 1.165) is 73.8 Å². The first-order valence-corrected chi connectivity index (χ1v) is 12.9. The Labute approximate surface area is 204 Å². The second-order valence-electron chi connectivity index (χ2n) is 8.99. The van der Waals surface area contributed by atoms with Gasteiger partial charge in [-0.05, 0) is 86.0 Å². The Hall–Kier alpha value is -2.22. The molecule has 2 aromatic carbocycles. The Balaban J connectivity index is 1.26. The van der Waals surface area contributed by atoms with E-state index in [1.54, 1.807) is 7.11 Å². The Morgan fingerprint density at radius 3 is 2.71 bits per heavy atom. The molecule has 0 saturated carbocycles. The summed E-state index contributed by atoms with van der Waals surface area (Å²) in [6, 6.07) is 11.7. The van der Waals surface area contributed by atoms with Gasteiger partial charge in [0.1, 0.15) is 17.4 Å². The number of aryl methyl sites for hydroxylation is 1. The highest BCUT2D eigenvalue weighted by atomic mass is 32.2. The van der Waals surface area contributed by atoms with Crippen molar-refractivity contribution in [3.05, 3.63) is 65.9 Å². The average molecular weight is 487 g/mol. The van der Waals surface area contributed by atoms with Crippen LogP contribution in [0.2, 0.25) is 0 Å². The molecule has 2 atom stereocenters. The molecule has 1 saturated heterocycles. The minimum atomic E-state index is -0.539. The fourth-order valence-corrected chi connectivity index (χ4v) is 5.91. The number of hydrogen-bond acceptors (Lipinski definition) is 5. The van der Waals surface area contributed by atoms with E-state index in [0.29, 0.717) is 10.8 Å². The van der Waals surface area contributed by atoms with Crippen molar-refractivity contribution in [2.24, 2.45) is 11.8 Å². The predicted octanol–water partition coefficient (Wildman–Crippen LogP) is 5.57. The van der Waals surface area contributed by atoms with Gasteiger partial charge in [0.05, 0.1) is 12.6 Å². The number of nitrogens with zero attached hydrogens (tertiary/aromatic N) is 2. The number of aliphatic hydroxyl groups is 1. The van der Waals surface area contributed by atoms with Crippen LogP contribution in [0.5, 0.6) is 5.75 Å². The number of likely N-dealkylation sites (tertiary alicyclic amines) is 1. The van der Waals surface area contributed by atoms with Gasteiger partial charge >= 0.3 is 0 Å². The minimum Gasteiger partial charge on any atom is -0.497 e. The normalized spacial score (nSPS) is 18.9. The first kappa shape index (κ1) is 24.9. The molecule has 34 heavy (non-hydrogen) atoms. The zero-order valence-corrected chi connectivity index (χ0v) is 20.4. The van der Waals surface area contributed by atoms with Crippen molar-refractivity contribution in [3.63, 3.8) is 0 Å². The number of fused-ring (bicyclic) bond motifs is 1. The van der Waals surface area contributed by atoms with Gasteiger partial charge in [-0.15, -0.1) is 11.8 Å². The van der Waals surface area contributed by atoms with E-state index in [1.807, 2.05) is 18.3 Å². The number of piperidine rings is 1. The smallest absolute Gasteiger partial charge is 0.127 e. The molecule has 7 heteroatoms. The van der Waals surface area contributed by atoms with Crippen LogP contribution >= 0.6 is 11.8 Å². The zero-order chi connectivity index (χ0) is 23.9. The van der Waals surface area contributed by atoms with Crippen LogP contribution in [0.3, 0.4) is 0 Å². The summed E-state index contributed by atoms with van der Waals surface area (Å²) >= 11 is 1.47. The lowest BCUT2D eigenvalue weighted by Gasteiger charge is -2.38. The lowest BCUT2D eigenvalue weighted by molar-refractivity contribution is 0.0710. The molecule has 0 radical (unpaired) electrons. The van der Waals surface area contributed by atoms with Crippen molar-refractivity contribution < 1.29 is 18.6 Å². The number of rotatable bonds is 10. The van der Waals surface area contributed by atoms with E-state index in [1.165, 1.54) is 29.5 Å². The van der Waals surface area contributed by atoms with E-state index in [9.17, 15) is 13.9 Å². The SMILES string of the molecule is COc1ccc2nccc(CCC[C@@H]3CCN(CCSc4cc(F)cc(F)c4)C[C@@H]3CO)c2c1. The number of pyridine rings is 1. The van der Waals surface area contributed by atoms with Gasteiger partial charge in [0, 0.05) is 48.0 Å². The van der Waals surface area contributed by atoms with Gasteiger partial charge < -0.3 is 14.7 Å². The molecule has 2 heterocycles. The van der Waals surface area contributed by atoms with Crippen molar-refractivity contribution in [1.82, 2.24) is 9.88 Å². The topological polar surface area (TPSA) is 45.6 Å². The summed E-state index contributed by atoms with van der Waals surface area (Å²) in [6.45, 7) is 2.90. The highest BCUT2D eigenvalue weighted by Crippen LogP contribution is 2.30. The quantitative estimate of drug-likeness (QED) is 0.380. The molecule has 0 unspecified atom stereocenters. The van der Waals surface area contributed by atoms with Crippen LogP contribution < -0.4 is 4.74 Å². The molecule has 182 valence electrons. The number of thioether (sulfide) groups is 1. The Morgan fingerprint density at radius 2 is 1.94 bits per heavy atom. The molecule has 3 aromatic rings. The molecule has 1 aliphatic heterocycles. The summed E-state index contributed by atoms with van der Waals surface area (Å²) in [5.41, 5.74) is 2.27. The highest BCUT2D eigenvalue weighted by Gasteiger charge is 2.28. The molecule has 1 aromatic heterocycles. The molecule has 1 fully saturated rings. The van der Waals surface area contributed by atoms with Crippen LogP contribution in [0.25, 0.3) is 10.9 Å². The second-order valence-corrected chi connectivity index (χ2v) is 10.2. The third-order valence-electron chi connectivity index (χ3n) is 6.78. The zero-order valence-electron chi connectivity index (χ0n) is 19.6. The van der Waals surface area contributed by atoms with Gasteiger partial charge in [-0.3, -0.25) is 4.98 Å². The van der Waals surface area contributed by atoms with Crippen LogP contribution in [0.1, 0.15) is 24.8 Å². The Morgan fingerprint density at radius 1 is 1.12 bits per heavy atom. The van der Waals surface area contributed by atoms with Gasteiger partial charge in [-0.1, -0.05) is 0 Å². The molecule has 0 aliphatic carbocycles. The van der Waals surface area contributed by atoms with Crippen LogP contribution in [0.15, 0.2) is 53.6 Å². The van der Waals surface area contributed by atoms with Gasteiger partial charge in [-0.25, -0.2) is 8.78 Å². The molecule has 0 spiro atoms. The van der Waals surface area contributed by atoms with Gasteiger partial charge in [0.15, 0.2) is 0 Å². The largest absolute Gasteiger partial charge is 0.497 e. The maximum Gasteiger partial charge on any atom is 0.127 e.